The molecule has 3 rings (SSSR count). The number of aromatic nitrogens is 1. The van der Waals surface area contributed by atoms with Gasteiger partial charge in [0.2, 0.25) is 0 Å². The molecular weight excluding hydrogens is 188 g/mol. The van der Waals surface area contributed by atoms with Crippen molar-refractivity contribution in [3.63, 3.8) is 0 Å². The molecule has 1 aromatic carbocycles. The van der Waals surface area contributed by atoms with Crippen LogP contribution in [0.1, 0.15) is 0 Å². The number of hydrogen-bond donors (Lipinski definition) is 1. The Bertz CT molecular complexity index is 628. The number of hydrogen-bond acceptors (Lipinski definition) is 3. The fourth-order valence-electron chi connectivity index (χ4n) is 1.85. The molecule has 3 nitrogen and oxygen atoms in total. The molecule has 3 aromatic rings. The molecule has 1 N–H and O–H groups in total. The first-order chi connectivity index (χ1) is 7.40. The van der Waals surface area contributed by atoms with Crippen molar-refractivity contribution in [2.24, 2.45) is 0 Å². The zero-order valence-electron chi connectivity index (χ0n) is 8.32. The van der Waals surface area contributed by atoms with Crippen LogP contribution in [0.3, 0.4) is 0 Å². The average molecular weight is 198 g/mol. The second kappa shape index (κ2) is 2.98. The lowest BCUT2D eigenvalue weighted by Crippen LogP contribution is -1.87. The predicted octanol–water partition coefficient (Wildman–Crippen LogP) is 3.02. The molecule has 3 heteroatoms. The third-order valence-corrected chi connectivity index (χ3v) is 2.52. The summed E-state index contributed by atoms with van der Waals surface area (Å²) in [5, 5.41) is 4.20. The number of fused-ring (bicyclic) bond motifs is 3. The summed E-state index contributed by atoms with van der Waals surface area (Å²) in [5.74, 6) is 0. The quantitative estimate of drug-likeness (QED) is 0.653. The van der Waals surface area contributed by atoms with Crippen LogP contribution in [0.25, 0.3) is 22.1 Å². The summed E-state index contributed by atoms with van der Waals surface area (Å²) in [7, 11) is 1.90. The van der Waals surface area contributed by atoms with Gasteiger partial charge < -0.3 is 9.73 Å². The maximum absolute atomic E-state index is 5.69. The minimum atomic E-state index is 0.829. The standard InChI is InChI=1S/C12H10N2O/c1-13-8-4-2-5-9-11(8)12-10(15-9)6-3-7-14-12/h2-7,13H,1H3. The highest BCUT2D eigenvalue weighted by Crippen LogP contribution is 2.32. The molecule has 0 aliphatic heterocycles. The Morgan fingerprint density at radius 2 is 2.00 bits per heavy atom. The maximum Gasteiger partial charge on any atom is 0.153 e. The molecule has 0 saturated carbocycles. The van der Waals surface area contributed by atoms with Gasteiger partial charge in [-0.1, -0.05) is 6.07 Å². The number of anilines is 1. The van der Waals surface area contributed by atoms with E-state index in [1.54, 1.807) is 6.20 Å². The molecule has 2 heterocycles. The molecule has 0 bridgehead atoms. The summed E-state index contributed by atoms with van der Waals surface area (Å²) < 4.78 is 5.69. The lowest BCUT2D eigenvalue weighted by Gasteiger charge is -1.99. The highest BCUT2D eigenvalue weighted by molar-refractivity contribution is 6.09. The normalized spacial score (nSPS) is 11.0. The largest absolute Gasteiger partial charge is 0.454 e. The van der Waals surface area contributed by atoms with Crippen LogP contribution in [0, 0.1) is 0 Å². The van der Waals surface area contributed by atoms with E-state index in [0.717, 1.165) is 27.8 Å². The van der Waals surface area contributed by atoms with E-state index in [9.17, 15) is 0 Å². The van der Waals surface area contributed by atoms with E-state index in [-0.39, 0.29) is 0 Å². The second-order valence-corrected chi connectivity index (χ2v) is 3.38. The van der Waals surface area contributed by atoms with Crippen LogP contribution in [0.4, 0.5) is 5.69 Å². The van der Waals surface area contributed by atoms with E-state index >= 15 is 0 Å². The molecule has 0 aliphatic rings. The van der Waals surface area contributed by atoms with E-state index in [4.69, 9.17) is 4.42 Å². The molecule has 0 saturated heterocycles. The predicted molar refractivity (Wildman–Crippen MR) is 61.1 cm³/mol. The van der Waals surface area contributed by atoms with Gasteiger partial charge in [0.1, 0.15) is 11.1 Å². The van der Waals surface area contributed by atoms with Crippen molar-refractivity contribution >= 4 is 27.8 Å². The van der Waals surface area contributed by atoms with Gasteiger partial charge >= 0.3 is 0 Å². The molecule has 0 radical (unpaired) electrons. The molecule has 2 aromatic heterocycles. The van der Waals surface area contributed by atoms with E-state index in [0.29, 0.717) is 0 Å². The highest BCUT2D eigenvalue weighted by Gasteiger charge is 2.09. The topological polar surface area (TPSA) is 38.1 Å². The van der Waals surface area contributed by atoms with Gasteiger partial charge in [-0.2, -0.15) is 0 Å². The minimum absolute atomic E-state index is 0.829. The van der Waals surface area contributed by atoms with Gasteiger partial charge in [-0.15, -0.1) is 0 Å². The molecule has 0 fully saturated rings. The SMILES string of the molecule is CNc1cccc2oc3cccnc3c12. The van der Waals surface area contributed by atoms with Crippen molar-refractivity contribution in [3.8, 4) is 0 Å². The average Bonchev–Trinajstić information content (AvgIpc) is 2.67. The third-order valence-electron chi connectivity index (χ3n) is 2.52. The summed E-state index contributed by atoms with van der Waals surface area (Å²) in [6.45, 7) is 0. The fraction of sp³-hybridized carbons (Fsp3) is 0.0833. The summed E-state index contributed by atoms with van der Waals surface area (Å²) in [4.78, 5) is 4.34. The Morgan fingerprint density at radius 1 is 1.13 bits per heavy atom. The van der Waals surface area contributed by atoms with Crippen molar-refractivity contribution in [1.29, 1.82) is 0 Å². The Kier molecular flexibility index (Phi) is 1.65. The van der Waals surface area contributed by atoms with Crippen LogP contribution >= 0.6 is 0 Å². The van der Waals surface area contributed by atoms with Gasteiger partial charge in [-0.3, -0.25) is 4.98 Å². The van der Waals surface area contributed by atoms with Crippen molar-refractivity contribution in [2.45, 2.75) is 0 Å². The van der Waals surface area contributed by atoms with Gasteiger partial charge in [-0.25, -0.2) is 0 Å². The number of benzene rings is 1. The molecule has 0 unspecified atom stereocenters. The highest BCUT2D eigenvalue weighted by atomic mass is 16.3. The first-order valence-corrected chi connectivity index (χ1v) is 4.84. The number of rotatable bonds is 1. The van der Waals surface area contributed by atoms with Crippen LogP contribution < -0.4 is 5.32 Å². The van der Waals surface area contributed by atoms with Gasteiger partial charge in [0, 0.05) is 18.9 Å². The van der Waals surface area contributed by atoms with E-state index < -0.39 is 0 Å². The first kappa shape index (κ1) is 8.29. The Morgan fingerprint density at radius 3 is 2.87 bits per heavy atom. The van der Waals surface area contributed by atoms with Gasteiger partial charge in [0.15, 0.2) is 5.58 Å². The number of pyridine rings is 1. The summed E-state index contributed by atoms with van der Waals surface area (Å²) in [6, 6.07) is 9.76. The van der Waals surface area contributed by atoms with Crippen molar-refractivity contribution in [1.82, 2.24) is 4.98 Å². The minimum Gasteiger partial charge on any atom is -0.454 e. The summed E-state index contributed by atoms with van der Waals surface area (Å²) >= 11 is 0. The third kappa shape index (κ3) is 1.09. The van der Waals surface area contributed by atoms with Crippen LogP contribution in [0.5, 0.6) is 0 Å². The molecule has 0 spiro atoms. The Hall–Kier alpha value is -2.03. The monoisotopic (exact) mass is 198 g/mol. The van der Waals surface area contributed by atoms with Crippen LogP contribution in [0.15, 0.2) is 40.9 Å². The van der Waals surface area contributed by atoms with Crippen LogP contribution in [-0.2, 0) is 0 Å². The number of nitrogens with one attached hydrogen (secondary N) is 1. The molecule has 0 aliphatic carbocycles. The van der Waals surface area contributed by atoms with Crippen molar-refractivity contribution < 1.29 is 4.42 Å². The molecule has 74 valence electrons. The fourth-order valence-corrected chi connectivity index (χ4v) is 1.85. The second-order valence-electron chi connectivity index (χ2n) is 3.38. The summed E-state index contributed by atoms with van der Waals surface area (Å²) in [5.41, 5.74) is 3.66. The molecule has 15 heavy (non-hydrogen) atoms. The van der Waals surface area contributed by atoms with Crippen LogP contribution in [0.2, 0.25) is 0 Å². The van der Waals surface area contributed by atoms with Gasteiger partial charge in [0.25, 0.3) is 0 Å². The lowest BCUT2D eigenvalue weighted by atomic mass is 10.2. The maximum atomic E-state index is 5.69. The zero-order valence-corrected chi connectivity index (χ0v) is 8.32. The number of furan rings is 1. The van der Waals surface area contributed by atoms with Crippen molar-refractivity contribution in [3.05, 3.63) is 36.5 Å². The van der Waals surface area contributed by atoms with Crippen LogP contribution in [-0.4, -0.2) is 12.0 Å². The smallest absolute Gasteiger partial charge is 0.153 e. The van der Waals surface area contributed by atoms with Gasteiger partial charge in [0.05, 0.1) is 5.39 Å². The lowest BCUT2D eigenvalue weighted by molar-refractivity contribution is 0.668. The Labute approximate surface area is 86.7 Å². The van der Waals surface area contributed by atoms with E-state index in [1.165, 1.54) is 0 Å². The Balaban J connectivity index is 2.56. The molecular formula is C12H10N2O. The van der Waals surface area contributed by atoms with E-state index in [2.05, 4.69) is 10.3 Å². The molecule has 0 amide bonds. The number of nitrogens with zero attached hydrogens (tertiary/aromatic N) is 1. The zero-order chi connectivity index (χ0) is 10.3. The van der Waals surface area contributed by atoms with E-state index in [1.807, 2.05) is 37.4 Å². The molecule has 0 atom stereocenters. The summed E-state index contributed by atoms with van der Waals surface area (Å²) in [6.07, 6.45) is 1.78. The van der Waals surface area contributed by atoms with Crippen molar-refractivity contribution in [2.75, 3.05) is 12.4 Å². The first-order valence-electron chi connectivity index (χ1n) is 4.84. The van der Waals surface area contributed by atoms with Gasteiger partial charge in [-0.05, 0) is 24.3 Å².